The molecule has 1 N–H and O–H groups in total. The summed E-state index contributed by atoms with van der Waals surface area (Å²) in [5.74, 6) is 0.593. The lowest BCUT2D eigenvalue weighted by Crippen LogP contribution is -2.10. The van der Waals surface area contributed by atoms with Crippen LogP contribution in [0.5, 0.6) is 0 Å². The summed E-state index contributed by atoms with van der Waals surface area (Å²) in [6, 6.07) is 14.3. The number of hydrogen-bond acceptors (Lipinski definition) is 2. The fourth-order valence-electron chi connectivity index (χ4n) is 2.37. The minimum absolute atomic E-state index is 0.0491. The van der Waals surface area contributed by atoms with Crippen molar-refractivity contribution >= 4 is 11.8 Å². The van der Waals surface area contributed by atoms with Crippen LogP contribution in [0, 0.1) is 5.82 Å². The van der Waals surface area contributed by atoms with Gasteiger partial charge in [0.15, 0.2) is 0 Å². The molecule has 1 aliphatic heterocycles. The Hall–Kier alpha value is -1.32. The molecule has 2 aromatic rings. The Balaban J connectivity index is 1.93. The highest BCUT2D eigenvalue weighted by Gasteiger charge is 2.29. The zero-order valence-electron chi connectivity index (χ0n) is 9.71. The zero-order chi connectivity index (χ0) is 12.5. The Labute approximate surface area is 110 Å². The zero-order valence-corrected chi connectivity index (χ0v) is 10.5. The predicted octanol–water partition coefficient (Wildman–Crippen LogP) is 3.75. The molecule has 1 nitrogen and oxygen atoms in total. The average Bonchev–Trinajstić information content (AvgIpc) is 2.82. The molecule has 0 radical (unpaired) electrons. The normalized spacial score (nSPS) is 19.6. The predicted molar refractivity (Wildman–Crippen MR) is 71.3 cm³/mol. The molecule has 0 spiro atoms. The molecule has 2 unspecified atom stereocenters. The second kappa shape index (κ2) is 4.75. The van der Waals surface area contributed by atoms with Crippen molar-refractivity contribution < 1.29 is 9.50 Å². The van der Waals surface area contributed by atoms with E-state index in [4.69, 9.17) is 0 Å². The van der Waals surface area contributed by atoms with Gasteiger partial charge in [-0.1, -0.05) is 30.3 Å². The van der Waals surface area contributed by atoms with Crippen LogP contribution in [-0.4, -0.2) is 10.9 Å². The van der Waals surface area contributed by atoms with Crippen LogP contribution in [-0.2, 0) is 0 Å². The van der Waals surface area contributed by atoms with Crippen molar-refractivity contribution in [3.05, 3.63) is 65.5 Å². The summed E-state index contributed by atoms with van der Waals surface area (Å²) in [5, 5.41) is 10.4. The van der Waals surface area contributed by atoms with Gasteiger partial charge in [0, 0.05) is 16.6 Å². The molecule has 18 heavy (non-hydrogen) atoms. The van der Waals surface area contributed by atoms with Crippen molar-refractivity contribution in [1.82, 2.24) is 0 Å². The first-order valence-corrected chi connectivity index (χ1v) is 6.89. The van der Waals surface area contributed by atoms with Crippen LogP contribution in [0.2, 0.25) is 0 Å². The van der Waals surface area contributed by atoms with E-state index in [9.17, 15) is 9.50 Å². The fraction of sp³-hybridized carbons (Fsp3) is 0.200. The number of halogens is 1. The quantitative estimate of drug-likeness (QED) is 0.887. The van der Waals surface area contributed by atoms with Crippen LogP contribution in [0.1, 0.15) is 23.1 Å². The molecule has 2 aromatic carbocycles. The number of benzene rings is 2. The lowest BCUT2D eigenvalue weighted by atomic mass is 9.91. The molecule has 1 aliphatic rings. The van der Waals surface area contributed by atoms with Gasteiger partial charge in [-0.05, 0) is 29.3 Å². The molecule has 1 heterocycles. The second-order valence-corrected chi connectivity index (χ2v) is 5.52. The van der Waals surface area contributed by atoms with Gasteiger partial charge < -0.3 is 5.11 Å². The first-order valence-electron chi connectivity index (χ1n) is 5.91. The van der Waals surface area contributed by atoms with E-state index in [1.54, 1.807) is 23.9 Å². The van der Waals surface area contributed by atoms with Gasteiger partial charge >= 0.3 is 0 Å². The number of fused-ring (bicyclic) bond motifs is 1. The smallest absolute Gasteiger partial charge is 0.123 e. The van der Waals surface area contributed by atoms with Crippen LogP contribution >= 0.6 is 11.8 Å². The summed E-state index contributed by atoms with van der Waals surface area (Å²) in [5.41, 5.74) is 1.82. The lowest BCUT2D eigenvalue weighted by molar-refractivity contribution is 0.153. The van der Waals surface area contributed by atoms with Gasteiger partial charge in [-0.15, -0.1) is 11.8 Å². The maximum atomic E-state index is 13.2. The standard InChI is InChI=1S/C15H13FOS/c16-11-5-3-4-10(8-11)15(17)13-9-18-14-7-2-1-6-12(13)14/h1-8,13,15,17H,9H2. The fourth-order valence-corrected chi connectivity index (χ4v) is 3.65. The maximum Gasteiger partial charge on any atom is 0.123 e. The number of rotatable bonds is 2. The monoisotopic (exact) mass is 260 g/mol. The van der Waals surface area contributed by atoms with Crippen molar-refractivity contribution in [3.63, 3.8) is 0 Å². The van der Waals surface area contributed by atoms with E-state index in [1.807, 2.05) is 18.2 Å². The first-order chi connectivity index (χ1) is 8.75. The topological polar surface area (TPSA) is 20.2 Å². The van der Waals surface area contributed by atoms with Crippen molar-refractivity contribution in [2.75, 3.05) is 5.75 Å². The second-order valence-electron chi connectivity index (χ2n) is 4.46. The van der Waals surface area contributed by atoms with Gasteiger partial charge in [-0.3, -0.25) is 0 Å². The van der Waals surface area contributed by atoms with Crippen LogP contribution in [0.15, 0.2) is 53.4 Å². The van der Waals surface area contributed by atoms with E-state index in [-0.39, 0.29) is 11.7 Å². The molecule has 2 atom stereocenters. The van der Waals surface area contributed by atoms with E-state index >= 15 is 0 Å². The maximum absolute atomic E-state index is 13.2. The van der Waals surface area contributed by atoms with E-state index in [0.29, 0.717) is 5.56 Å². The van der Waals surface area contributed by atoms with E-state index in [2.05, 4.69) is 6.07 Å². The van der Waals surface area contributed by atoms with Crippen LogP contribution < -0.4 is 0 Å². The SMILES string of the molecule is OC(c1cccc(F)c1)C1CSc2ccccc21. The third-order valence-electron chi connectivity index (χ3n) is 3.31. The summed E-state index contributed by atoms with van der Waals surface area (Å²) in [4.78, 5) is 1.22. The van der Waals surface area contributed by atoms with Crippen molar-refractivity contribution in [3.8, 4) is 0 Å². The van der Waals surface area contributed by atoms with Crippen molar-refractivity contribution in [2.45, 2.75) is 16.9 Å². The van der Waals surface area contributed by atoms with Gasteiger partial charge in [0.05, 0.1) is 6.10 Å². The number of thioether (sulfide) groups is 1. The summed E-state index contributed by atoms with van der Waals surface area (Å²) >= 11 is 1.75. The molecule has 3 rings (SSSR count). The molecular weight excluding hydrogens is 247 g/mol. The number of aliphatic hydroxyl groups excluding tert-OH is 1. The van der Waals surface area contributed by atoms with E-state index in [1.165, 1.54) is 22.6 Å². The number of hydrogen-bond donors (Lipinski definition) is 1. The van der Waals surface area contributed by atoms with Crippen LogP contribution in [0.3, 0.4) is 0 Å². The first kappa shape index (κ1) is 11.8. The highest BCUT2D eigenvalue weighted by molar-refractivity contribution is 7.99. The third-order valence-corrected chi connectivity index (χ3v) is 4.52. The Bertz CT molecular complexity index is 570. The van der Waals surface area contributed by atoms with Crippen LogP contribution in [0.25, 0.3) is 0 Å². The third kappa shape index (κ3) is 2.04. The Morgan fingerprint density at radius 3 is 2.83 bits per heavy atom. The molecule has 0 saturated heterocycles. The molecule has 0 aromatic heterocycles. The Kier molecular flexibility index (Phi) is 3.10. The van der Waals surface area contributed by atoms with Gasteiger partial charge in [-0.25, -0.2) is 4.39 Å². The summed E-state index contributed by atoms with van der Waals surface area (Å²) in [6.07, 6.45) is -0.642. The summed E-state index contributed by atoms with van der Waals surface area (Å²) in [7, 11) is 0. The molecule has 0 bridgehead atoms. The summed E-state index contributed by atoms with van der Waals surface area (Å²) < 4.78 is 13.2. The van der Waals surface area contributed by atoms with Gasteiger partial charge in [0.25, 0.3) is 0 Å². The number of aliphatic hydroxyl groups is 1. The van der Waals surface area contributed by atoms with E-state index in [0.717, 1.165) is 5.75 Å². The lowest BCUT2D eigenvalue weighted by Gasteiger charge is -2.19. The Morgan fingerprint density at radius 2 is 2.00 bits per heavy atom. The largest absolute Gasteiger partial charge is 0.388 e. The highest BCUT2D eigenvalue weighted by atomic mass is 32.2. The molecule has 0 fully saturated rings. The average molecular weight is 260 g/mol. The minimum atomic E-state index is -0.642. The minimum Gasteiger partial charge on any atom is -0.388 e. The molecule has 0 amide bonds. The molecule has 0 aliphatic carbocycles. The van der Waals surface area contributed by atoms with Gasteiger partial charge in [0.1, 0.15) is 5.82 Å². The Morgan fingerprint density at radius 1 is 1.17 bits per heavy atom. The summed E-state index contributed by atoms with van der Waals surface area (Å²) in [6.45, 7) is 0. The van der Waals surface area contributed by atoms with E-state index < -0.39 is 6.10 Å². The molecule has 92 valence electrons. The highest BCUT2D eigenvalue weighted by Crippen LogP contribution is 2.45. The molecular formula is C15H13FOS. The van der Waals surface area contributed by atoms with Gasteiger partial charge in [-0.2, -0.15) is 0 Å². The van der Waals surface area contributed by atoms with Crippen molar-refractivity contribution in [1.29, 1.82) is 0 Å². The molecule has 0 saturated carbocycles. The van der Waals surface area contributed by atoms with Crippen LogP contribution in [0.4, 0.5) is 4.39 Å². The molecule has 3 heteroatoms. The van der Waals surface area contributed by atoms with Gasteiger partial charge in [0.2, 0.25) is 0 Å². The van der Waals surface area contributed by atoms with Crippen molar-refractivity contribution in [2.24, 2.45) is 0 Å².